The third-order valence-electron chi connectivity index (χ3n) is 3.53. The van der Waals surface area contributed by atoms with Gasteiger partial charge in [-0.2, -0.15) is 0 Å². The molecule has 0 unspecified atom stereocenters. The van der Waals surface area contributed by atoms with Crippen molar-refractivity contribution in [2.24, 2.45) is 0 Å². The van der Waals surface area contributed by atoms with Gasteiger partial charge < -0.3 is 0 Å². The summed E-state index contributed by atoms with van der Waals surface area (Å²) in [5.41, 5.74) is -0.256. The van der Waals surface area contributed by atoms with Gasteiger partial charge in [-0.25, -0.2) is 13.4 Å². The molecule has 0 saturated carbocycles. The van der Waals surface area contributed by atoms with Crippen molar-refractivity contribution in [3.05, 3.63) is 61.5 Å². The average molecular weight is 380 g/mol. The predicted octanol–water partition coefficient (Wildman–Crippen LogP) is 2.08. The molecule has 0 amide bonds. The lowest BCUT2D eigenvalue weighted by Crippen LogP contribution is -2.27. The summed E-state index contributed by atoms with van der Waals surface area (Å²) in [6.07, 6.45) is 1.45. The minimum absolute atomic E-state index is 0.0829. The van der Waals surface area contributed by atoms with E-state index in [4.69, 9.17) is 0 Å². The van der Waals surface area contributed by atoms with Gasteiger partial charge in [-0.3, -0.25) is 24.0 Å². The molecule has 0 aliphatic rings. The molecule has 1 N–H and O–H groups in total. The van der Waals surface area contributed by atoms with E-state index in [1.807, 2.05) is 0 Å². The SMILES string of the molecule is Cc1cc([N+](=O)[O-])ccc1NS(=O)(=O)c1c(C)nc2sccn2c1=O. The first kappa shape index (κ1) is 17.0. The van der Waals surface area contributed by atoms with Crippen molar-refractivity contribution in [2.75, 3.05) is 4.72 Å². The third kappa shape index (κ3) is 2.98. The van der Waals surface area contributed by atoms with Crippen molar-refractivity contribution >= 4 is 37.7 Å². The predicted molar refractivity (Wildman–Crippen MR) is 92.7 cm³/mol. The van der Waals surface area contributed by atoms with Gasteiger partial charge in [0.15, 0.2) is 9.86 Å². The van der Waals surface area contributed by atoms with Crippen LogP contribution in [0.3, 0.4) is 0 Å². The summed E-state index contributed by atoms with van der Waals surface area (Å²) in [7, 11) is -4.21. The molecule has 0 aliphatic carbocycles. The lowest BCUT2D eigenvalue weighted by atomic mass is 10.2. The monoisotopic (exact) mass is 380 g/mol. The largest absolute Gasteiger partial charge is 0.279 e. The van der Waals surface area contributed by atoms with Crippen LogP contribution in [0.1, 0.15) is 11.3 Å². The first-order chi connectivity index (χ1) is 11.7. The Hall–Kier alpha value is -2.79. The second-order valence-electron chi connectivity index (χ2n) is 5.25. The zero-order valence-corrected chi connectivity index (χ0v) is 14.7. The highest BCUT2D eigenvalue weighted by atomic mass is 32.2. The van der Waals surface area contributed by atoms with Crippen LogP contribution in [-0.2, 0) is 10.0 Å². The summed E-state index contributed by atoms with van der Waals surface area (Å²) in [5.74, 6) is 0. The van der Waals surface area contributed by atoms with Crippen LogP contribution >= 0.6 is 11.3 Å². The molecule has 0 saturated heterocycles. The van der Waals surface area contributed by atoms with Gasteiger partial charge in [-0.05, 0) is 25.5 Å². The van der Waals surface area contributed by atoms with Gasteiger partial charge in [0.1, 0.15) is 0 Å². The van der Waals surface area contributed by atoms with Gasteiger partial charge in [0, 0.05) is 23.7 Å². The summed E-state index contributed by atoms with van der Waals surface area (Å²) in [5, 5.41) is 12.4. The zero-order valence-electron chi connectivity index (χ0n) is 13.1. The molecule has 0 atom stereocenters. The molecule has 0 bridgehead atoms. The number of benzene rings is 1. The number of nitro benzene ring substituents is 1. The number of nitrogens with zero attached hydrogens (tertiary/aromatic N) is 3. The smallest absolute Gasteiger partial charge is 0.279 e. The Labute approximate surface area is 145 Å². The Bertz CT molecular complexity index is 1160. The third-order valence-corrected chi connectivity index (χ3v) is 5.78. The molecule has 0 radical (unpaired) electrons. The number of aromatic nitrogens is 2. The number of sulfonamides is 1. The quantitative estimate of drug-likeness (QED) is 0.546. The van der Waals surface area contributed by atoms with Crippen LogP contribution in [0.5, 0.6) is 0 Å². The zero-order chi connectivity index (χ0) is 18.4. The molecular formula is C14H12N4O5S2. The lowest BCUT2D eigenvalue weighted by Gasteiger charge is -2.11. The first-order valence-electron chi connectivity index (χ1n) is 6.95. The number of hydrogen-bond donors (Lipinski definition) is 1. The van der Waals surface area contributed by atoms with Gasteiger partial charge in [0.05, 0.1) is 16.3 Å². The summed E-state index contributed by atoms with van der Waals surface area (Å²) in [6.45, 7) is 2.98. The van der Waals surface area contributed by atoms with E-state index >= 15 is 0 Å². The standard InChI is InChI=1S/C14H12N4O5S2/c1-8-7-10(18(20)21)3-4-11(8)16-25(22,23)12-9(2)15-14-17(13(12)19)5-6-24-14/h3-7,16H,1-2H3. The molecule has 2 aromatic heterocycles. The molecule has 0 spiro atoms. The van der Waals surface area contributed by atoms with Crippen molar-refractivity contribution in [1.82, 2.24) is 9.38 Å². The second-order valence-corrected chi connectivity index (χ2v) is 7.74. The van der Waals surface area contributed by atoms with Gasteiger partial charge >= 0.3 is 0 Å². The molecule has 11 heteroatoms. The van der Waals surface area contributed by atoms with E-state index < -0.39 is 25.4 Å². The number of aryl methyl sites for hydroxylation is 2. The molecule has 3 aromatic rings. The molecule has 2 heterocycles. The molecule has 0 fully saturated rings. The van der Waals surface area contributed by atoms with Crippen LogP contribution in [0.4, 0.5) is 11.4 Å². The first-order valence-corrected chi connectivity index (χ1v) is 9.31. The summed E-state index contributed by atoms with van der Waals surface area (Å²) < 4.78 is 28.8. The van der Waals surface area contributed by atoms with E-state index in [0.29, 0.717) is 10.5 Å². The Balaban J connectivity index is 2.09. The highest BCUT2D eigenvalue weighted by molar-refractivity contribution is 7.92. The molecule has 3 rings (SSSR count). The number of non-ortho nitro benzene ring substituents is 1. The second kappa shape index (κ2) is 5.93. The number of hydrogen-bond acceptors (Lipinski definition) is 7. The number of fused-ring (bicyclic) bond motifs is 1. The maximum Gasteiger partial charge on any atom is 0.279 e. The minimum Gasteiger partial charge on any atom is -0.279 e. The van der Waals surface area contributed by atoms with E-state index in [-0.39, 0.29) is 17.1 Å². The molecule has 130 valence electrons. The van der Waals surface area contributed by atoms with E-state index in [9.17, 15) is 23.3 Å². The van der Waals surface area contributed by atoms with Crippen LogP contribution in [-0.4, -0.2) is 22.7 Å². The fourth-order valence-corrected chi connectivity index (χ4v) is 4.48. The van der Waals surface area contributed by atoms with Gasteiger partial charge in [-0.15, -0.1) is 11.3 Å². The van der Waals surface area contributed by atoms with Crippen molar-refractivity contribution < 1.29 is 13.3 Å². The van der Waals surface area contributed by atoms with Crippen molar-refractivity contribution in [1.29, 1.82) is 0 Å². The van der Waals surface area contributed by atoms with E-state index in [1.54, 1.807) is 5.38 Å². The average Bonchev–Trinajstić information content (AvgIpc) is 2.97. The van der Waals surface area contributed by atoms with Crippen LogP contribution in [0, 0.1) is 24.0 Å². The summed E-state index contributed by atoms with van der Waals surface area (Å²) in [4.78, 5) is 26.8. The highest BCUT2D eigenvalue weighted by Gasteiger charge is 2.25. The normalized spacial score (nSPS) is 11.6. The lowest BCUT2D eigenvalue weighted by molar-refractivity contribution is -0.384. The van der Waals surface area contributed by atoms with Gasteiger partial charge in [0.25, 0.3) is 21.3 Å². The maximum atomic E-state index is 12.7. The summed E-state index contributed by atoms with van der Waals surface area (Å²) >= 11 is 1.22. The van der Waals surface area contributed by atoms with Gasteiger partial charge in [0.2, 0.25) is 0 Å². The van der Waals surface area contributed by atoms with Crippen LogP contribution in [0.25, 0.3) is 4.96 Å². The topological polar surface area (TPSA) is 124 Å². The molecule has 25 heavy (non-hydrogen) atoms. The fourth-order valence-electron chi connectivity index (χ4n) is 2.35. The number of rotatable bonds is 4. The molecular weight excluding hydrogens is 368 g/mol. The molecule has 0 aliphatic heterocycles. The Morgan fingerprint density at radius 1 is 1.32 bits per heavy atom. The van der Waals surface area contributed by atoms with Crippen molar-refractivity contribution in [3.8, 4) is 0 Å². The van der Waals surface area contributed by atoms with Crippen LogP contribution < -0.4 is 10.3 Å². The molecule has 1 aromatic carbocycles. The Morgan fingerprint density at radius 3 is 2.68 bits per heavy atom. The molecule has 9 nitrogen and oxygen atoms in total. The van der Waals surface area contributed by atoms with E-state index in [1.165, 1.54) is 49.6 Å². The number of nitrogens with one attached hydrogen (secondary N) is 1. The van der Waals surface area contributed by atoms with E-state index in [0.717, 1.165) is 4.40 Å². The Morgan fingerprint density at radius 2 is 2.04 bits per heavy atom. The van der Waals surface area contributed by atoms with Crippen LogP contribution in [0.15, 0.2) is 39.5 Å². The van der Waals surface area contributed by atoms with Crippen LogP contribution in [0.2, 0.25) is 0 Å². The fraction of sp³-hybridized carbons (Fsp3) is 0.143. The van der Waals surface area contributed by atoms with Crippen molar-refractivity contribution in [3.63, 3.8) is 0 Å². The Kier molecular flexibility index (Phi) is 4.05. The highest BCUT2D eigenvalue weighted by Crippen LogP contribution is 2.24. The maximum absolute atomic E-state index is 12.7. The van der Waals surface area contributed by atoms with E-state index in [2.05, 4.69) is 9.71 Å². The summed E-state index contributed by atoms with van der Waals surface area (Å²) in [6, 6.07) is 3.72. The van der Waals surface area contributed by atoms with Crippen molar-refractivity contribution in [2.45, 2.75) is 18.7 Å². The van der Waals surface area contributed by atoms with Gasteiger partial charge in [-0.1, -0.05) is 0 Å². The number of anilines is 1. The number of thiazole rings is 1. The minimum atomic E-state index is -4.21. The number of nitro groups is 1.